The van der Waals surface area contributed by atoms with Gasteiger partial charge in [-0.1, -0.05) is 0 Å². The van der Waals surface area contributed by atoms with Gasteiger partial charge < -0.3 is 10.6 Å². The van der Waals surface area contributed by atoms with Crippen molar-refractivity contribution in [2.75, 3.05) is 31.5 Å². The zero-order valence-corrected chi connectivity index (χ0v) is 12.8. The maximum atomic E-state index is 12.2. The Kier molecular flexibility index (Phi) is 4.45. The van der Waals surface area contributed by atoms with Crippen LogP contribution in [0.3, 0.4) is 0 Å². The van der Waals surface area contributed by atoms with E-state index in [4.69, 9.17) is 0 Å². The number of piperazine rings is 1. The number of carbonyl (C=O) groups is 1. The number of nitrogens with one attached hydrogen (secondary N) is 2. The Morgan fingerprint density at radius 2 is 2.30 bits per heavy atom. The van der Waals surface area contributed by atoms with Gasteiger partial charge in [0.1, 0.15) is 5.82 Å². The highest BCUT2D eigenvalue weighted by Gasteiger charge is 2.30. The quantitative estimate of drug-likeness (QED) is 0.866. The Balaban J connectivity index is 1.97. The number of rotatable bonds is 4. The molecule has 6 heteroatoms. The van der Waals surface area contributed by atoms with E-state index < -0.39 is 0 Å². The summed E-state index contributed by atoms with van der Waals surface area (Å²) in [4.78, 5) is 14.4. The molecule has 0 saturated carbocycles. The summed E-state index contributed by atoms with van der Waals surface area (Å²) in [6.45, 7) is 11.5. The van der Waals surface area contributed by atoms with Crippen LogP contribution in [0.15, 0.2) is 12.3 Å². The lowest BCUT2D eigenvalue weighted by Crippen LogP contribution is -2.59. The lowest BCUT2D eigenvalue weighted by atomic mass is 10.0. The van der Waals surface area contributed by atoms with E-state index in [2.05, 4.69) is 34.5 Å². The van der Waals surface area contributed by atoms with E-state index in [1.54, 1.807) is 6.20 Å². The highest BCUT2D eigenvalue weighted by molar-refractivity contribution is 5.91. The minimum Gasteiger partial charge on any atom is -0.314 e. The second-order valence-corrected chi connectivity index (χ2v) is 6.21. The summed E-state index contributed by atoms with van der Waals surface area (Å²) in [6, 6.07) is 2.07. The van der Waals surface area contributed by atoms with Gasteiger partial charge in [0.2, 0.25) is 5.91 Å². The molecule has 1 saturated heterocycles. The molecular formula is C14H25N5O. The summed E-state index contributed by atoms with van der Waals surface area (Å²) in [7, 11) is 0. The van der Waals surface area contributed by atoms with Crippen molar-refractivity contribution in [3.63, 3.8) is 0 Å². The Bertz CT molecular complexity index is 466. The van der Waals surface area contributed by atoms with Gasteiger partial charge in [-0.3, -0.25) is 9.69 Å². The van der Waals surface area contributed by atoms with Gasteiger partial charge in [0.15, 0.2) is 0 Å². The van der Waals surface area contributed by atoms with Crippen LogP contribution in [0.2, 0.25) is 0 Å². The molecule has 0 aromatic carbocycles. The van der Waals surface area contributed by atoms with Crippen molar-refractivity contribution >= 4 is 11.7 Å². The normalized spacial score (nSPS) is 19.2. The van der Waals surface area contributed by atoms with Crippen molar-refractivity contribution in [2.45, 2.75) is 39.3 Å². The van der Waals surface area contributed by atoms with Gasteiger partial charge in [-0.15, -0.1) is 0 Å². The highest BCUT2D eigenvalue weighted by atomic mass is 16.2. The molecule has 1 aromatic rings. The first-order valence-electron chi connectivity index (χ1n) is 7.19. The summed E-state index contributed by atoms with van der Waals surface area (Å²) in [5, 5.41) is 10.5. The maximum absolute atomic E-state index is 12.2. The molecule has 112 valence electrons. The van der Waals surface area contributed by atoms with Crippen molar-refractivity contribution in [3.05, 3.63) is 12.3 Å². The van der Waals surface area contributed by atoms with Gasteiger partial charge in [0.05, 0.1) is 12.7 Å². The third-order valence-electron chi connectivity index (χ3n) is 3.73. The second-order valence-electron chi connectivity index (χ2n) is 6.21. The van der Waals surface area contributed by atoms with Crippen LogP contribution < -0.4 is 10.6 Å². The predicted octanol–water partition coefficient (Wildman–Crippen LogP) is 1.09. The molecule has 0 atom stereocenters. The van der Waals surface area contributed by atoms with Gasteiger partial charge in [-0.05, 0) is 27.7 Å². The smallest absolute Gasteiger partial charge is 0.239 e. The summed E-state index contributed by atoms with van der Waals surface area (Å²) >= 11 is 0. The van der Waals surface area contributed by atoms with Crippen molar-refractivity contribution < 1.29 is 4.79 Å². The van der Waals surface area contributed by atoms with Gasteiger partial charge in [0.25, 0.3) is 0 Å². The van der Waals surface area contributed by atoms with Crippen LogP contribution in [0.25, 0.3) is 0 Å². The molecule has 0 aliphatic carbocycles. The summed E-state index contributed by atoms with van der Waals surface area (Å²) in [5.74, 6) is 0.778. The fourth-order valence-corrected chi connectivity index (χ4v) is 2.50. The number of hydrogen-bond donors (Lipinski definition) is 2. The maximum Gasteiger partial charge on any atom is 0.239 e. The van der Waals surface area contributed by atoms with Crippen LogP contribution in [0.4, 0.5) is 5.82 Å². The second kappa shape index (κ2) is 5.93. The van der Waals surface area contributed by atoms with E-state index in [0.717, 1.165) is 25.5 Å². The van der Waals surface area contributed by atoms with E-state index in [0.29, 0.717) is 6.54 Å². The van der Waals surface area contributed by atoms with Crippen LogP contribution in [0.5, 0.6) is 0 Å². The molecule has 2 rings (SSSR count). The van der Waals surface area contributed by atoms with E-state index in [1.165, 1.54) is 0 Å². The van der Waals surface area contributed by atoms with Crippen LogP contribution in [0.1, 0.15) is 33.7 Å². The first-order chi connectivity index (χ1) is 9.40. The number of amides is 1. The first kappa shape index (κ1) is 15.0. The number of nitrogens with zero attached hydrogens (tertiary/aromatic N) is 3. The third kappa shape index (κ3) is 3.37. The van der Waals surface area contributed by atoms with Crippen LogP contribution in [-0.2, 0) is 4.79 Å². The molecule has 0 unspecified atom stereocenters. The Morgan fingerprint density at radius 1 is 1.55 bits per heavy atom. The molecule has 1 fully saturated rings. The molecule has 1 amide bonds. The molecule has 0 bridgehead atoms. The minimum absolute atomic E-state index is 0.00782. The van der Waals surface area contributed by atoms with Gasteiger partial charge >= 0.3 is 0 Å². The molecule has 0 radical (unpaired) electrons. The number of hydrogen-bond acceptors (Lipinski definition) is 4. The summed E-state index contributed by atoms with van der Waals surface area (Å²) < 4.78 is 1.82. The molecule has 2 N–H and O–H groups in total. The monoisotopic (exact) mass is 279 g/mol. The van der Waals surface area contributed by atoms with Crippen molar-refractivity contribution in [1.29, 1.82) is 0 Å². The molecule has 6 nitrogen and oxygen atoms in total. The topological polar surface area (TPSA) is 62.2 Å². The first-order valence-corrected chi connectivity index (χ1v) is 7.19. The molecule has 0 spiro atoms. The zero-order chi connectivity index (χ0) is 14.8. The lowest BCUT2D eigenvalue weighted by molar-refractivity contribution is -0.119. The summed E-state index contributed by atoms with van der Waals surface area (Å²) in [5.41, 5.74) is 0.00782. The molecule has 1 aromatic heterocycles. The molecule has 1 aliphatic rings. The summed E-state index contributed by atoms with van der Waals surface area (Å²) in [6.07, 6.45) is 1.71. The zero-order valence-electron chi connectivity index (χ0n) is 12.8. The van der Waals surface area contributed by atoms with Crippen molar-refractivity contribution in [1.82, 2.24) is 20.0 Å². The van der Waals surface area contributed by atoms with E-state index in [1.807, 2.05) is 24.6 Å². The molecule has 1 aliphatic heterocycles. The third-order valence-corrected chi connectivity index (χ3v) is 3.73. The SMILES string of the molecule is CC(C)n1nccc1NC(=O)CN1CCNCC1(C)C. The Labute approximate surface area is 120 Å². The van der Waals surface area contributed by atoms with E-state index >= 15 is 0 Å². The van der Waals surface area contributed by atoms with Crippen molar-refractivity contribution in [2.24, 2.45) is 0 Å². The predicted molar refractivity (Wildman–Crippen MR) is 79.8 cm³/mol. The molecule has 2 heterocycles. The van der Waals surface area contributed by atoms with Gasteiger partial charge in [-0.2, -0.15) is 5.10 Å². The largest absolute Gasteiger partial charge is 0.314 e. The van der Waals surface area contributed by atoms with Crippen LogP contribution in [0, 0.1) is 0 Å². The Hall–Kier alpha value is -1.40. The fourth-order valence-electron chi connectivity index (χ4n) is 2.50. The van der Waals surface area contributed by atoms with Gasteiger partial charge in [-0.25, -0.2) is 4.68 Å². The van der Waals surface area contributed by atoms with Gasteiger partial charge in [0, 0.05) is 37.3 Å². The standard InChI is InChI=1S/C14H25N5O/c1-11(2)19-12(5-6-16-19)17-13(20)9-18-8-7-15-10-14(18,3)4/h5-6,11,15H,7-10H2,1-4H3,(H,17,20). The lowest BCUT2D eigenvalue weighted by Gasteiger charge is -2.42. The Morgan fingerprint density at radius 3 is 2.95 bits per heavy atom. The average molecular weight is 279 g/mol. The molecule has 20 heavy (non-hydrogen) atoms. The van der Waals surface area contributed by atoms with Crippen LogP contribution in [-0.4, -0.2) is 52.3 Å². The fraction of sp³-hybridized carbons (Fsp3) is 0.714. The minimum atomic E-state index is 0.00782. The number of anilines is 1. The van der Waals surface area contributed by atoms with E-state index in [9.17, 15) is 4.79 Å². The molecular weight excluding hydrogens is 254 g/mol. The highest BCUT2D eigenvalue weighted by Crippen LogP contribution is 2.17. The van der Waals surface area contributed by atoms with Crippen LogP contribution >= 0.6 is 0 Å². The number of carbonyl (C=O) groups excluding carboxylic acids is 1. The van der Waals surface area contributed by atoms with Crippen molar-refractivity contribution in [3.8, 4) is 0 Å². The van der Waals surface area contributed by atoms with E-state index in [-0.39, 0.29) is 17.5 Å². The average Bonchev–Trinajstić information content (AvgIpc) is 2.80. The number of aromatic nitrogens is 2.